The van der Waals surface area contributed by atoms with Gasteiger partial charge in [-0.1, -0.05) is 0 Å². The van der Waals surface area contributed by atoms with Crippen LogP contribution < -0.4 is 10.2 Å². The number of rotatable bonds is 0. The van der Waals surface area contributed by atoms with Gasteiger partial charge >= 0.3 is 0 Å². The normalized spacial score (nSPS) is 21.9. The fourth-order valence-corrected chi connectivity index (χ4v) is 2.42. The second-order valence-corrected chi connectivity index (χ2v) is 4.87. The van der Waals surface area contributed by atoms with Crippen molar-refractivity contribution in [3.05, 3.63) is 24.0 Å². The standard InChI is InChI=1S/C12H15FN2/c1-15-8-12(4-5-12)7-14-10-6-9(13)2-3-11(10)15/h2-3,6,14H,4-5,7-8H2,1H3. The zero-order valence-electron chi connectivity index (χ0n) is 8.89. The molecule has 0 atom stereocenters. The summed E-state index contributed by atoms with van der Waals surface area (Å²) in [5.41, 5.74) is 2.49. The van der Waals surface area contributed by atoms with Crippen LogP contribution in [0.2, 0.25) is 0 Å². The molecule has 2 nitrogen and oxygen atoms in total. The van der Waals surface area contributed by atoms with Gasteiger partial charge in [0.05, 0.1) is 11.4 Å². The molecule has 15 heavy (non-hydrogen) atoms. The minimum atomic E-state index is -0.165. The van der Waals surface area contributed by atoms with Crippen molar-refractivity contribution < 1.29 is 4.39 Å². The van der Waals surface area contributed by atoms with Crippen molar-refractivity contribution in [2.45, 2.75) is 12.8 Å². The summed E-state index contributed by atoms with van der Waals surface area (Å²) in [4.78, 5) is 2.24. The third kappa shape index (κ3) is 1.46. The Balaban J connectivity index is 1.99. The highest BCUT2D eigenvalue weighted by atomic mass is 19.1. The fraction of sp³-hybridized carbons (Fsp3) is 0.500. The van der Waals surface area contributed by atoms with E-state index in [-0.39, 0.29) is 5.82 Å². The van der Waals surface area contributed by atoms with Gasteiger partial charge in [-0.3, -0.25) is 0 Å². The van der Waals surface area contributed by atoms with Crippen LogP contribution in [0, 0.1) is 11.2 Å². The first-order valence-electron chi connectivity index (χ1n) is 5.43. The smallest absolute Gasteiger partial charge is 0.125 e. The topological polar surface area (TPSA) is 15.3 Å². The SMILES string of the molecule is CN1CC2(CC2)CNc2cc(F)ccc21. The molecule has 80 valence electrons. The molecule has 0 amide bonds. The van der Waals surface area contributed by atoms with Gasteiger partial charge in [0.15, 0.2) is 0 Å². The number of benzene rings is 1. The van der Waals surface area contributed by atoms with Crippen molar-refractivity contribution in [3.63, 3.8) is 0 Å². The average Bonchev–Trinajstić information content (AvgIpc) is 2.96. The third-order valence-corrected chi connectivity index (χ3v) is 3.55. The lowest BCUT2D eigenvalue weighted by Gasteiger charge is -2.21. The van der Waals surface area contributed by atoms with E-state index in [2.05, 4.69) is 17.3 Å². The highest BCUT2D eigenvalue weighted by Gasteiger charge is 2.44. The zero-order chi connectivity index (χ0) is 10.5. The quantitative estimate of drug-likeness (QED) is 0.701. The Kier molecular flexibility index (Phi) is 1.73. The van der Waals surface area contributed by atoms with Crippen LogP contribution in [-0.2, 0) is 0 Å². The molecule has 0 bridgehead atoms. The van der Waals surface area contributed by atoms with E-state index in [0.717, 1.165) is 24.5 Å². The van der Waals surface area contributed by atoms with Crippen molar-refractivity contribution in [2.24, 2.45) is 5.41 Å². The highest BCUT2D eigenvalue weighted by Crippen LogP contribution is 2.49. The summed E-state index contributed by atoms with van der Waals surface area (Å²) in [7, 11) is 2.09. The predicted molar refractivity (Wildman–Crippen MR) is 59.8 cm³/mol. The molecule has 1 aromatic rings. The van der Waals surface area contributed by atoms with Crippen LogP contribution in [0.1, 0.15) is 12.8 Å². The van der Waals surface area contributed by atoms with Gasteiger partial charge in [0.1, 0.15) is 5.82 Å². The lowest BCUT2D eigenvalue weighted by atomic mass is 10.1. The second-order valence-electron chi connectivity index (χ2n) is 4.87. The molecule has 0 aromatic heterocycles. The summed E-state index contributed by atoms with van der Waals surface area (Å²) >= 11 is 0. The lowest BCUT2D eigenvalue weighted by molar-refractivity contribution is 0.548. The Morgan fingerprint density at radius 1 is 1.40 bits per heavy atom. The summed E-state index contributed by atoms with van der Waals surface area (Å²) in [5, 5.41) is 3.37. The first kappa shape index (κ1) is 9.01. The molecule has 0 unspecified atom stereocenters. The number of halogens is 1. The molecule has 1 spiro atoms. The molecule has 3 heteroatoms. The van der Waals surface area contributed by atoms with E-state index in [1.807, 2.05) is 6.07 Å². The maximum Gasteiger partial charge on any atom is 0.125 e. The van der Waals surface area contributed by atoms with E-state index in [0.29, 0.717) is 5.41 Å². The van der Waals surface area contributed by atoms with Crippen molar-refractivity contribution in [2.75, 3.05) is 30.4 Å². The molecule has 1 aliphatic carbocycles. The lowest BCUT2D eigenvalue weighted by Crippen LogP contribution is -2.27. The van der Waals surface area contributed by atoms with E-state index in [9.17, 15) is 4.39 Å². The monoisotopic (exact) mass is 206 g/mol. The number of hydrogen-bond acceptors (Lipinski definition) is 2. The predicted octanol–water partition coefficient (Wildman–Crippen LogP) is 2.47. The molecular weight excluding hydrogens is 191 g/mol. The van der Waals surface area contributed by atoms with Gasteiger partial charge in [-0.25, -0.2) is 4.39 Å². The first-order valence-corrected chi connectivity index (χ1v) is 5.43. The van der Waals surface area contributed by atoms with Crippen LogP contribution in [0.4, 0.5) is 15.8 Å². The minimum absolute atomic E-state index is 0.165. The Morgan fingerprint density at radius 3 is 2.93 bits per heavy atom. The van der Waals surface area contributed by atoms with E-state index >= 15 is 0 Å². The summed E-state index contributed by atoms with van der Waals surface area (Å²) in [6.07, 6.45) is 2.58. The first-order chi connectivity index (χ1) is 7.19. The summed E-state index contributed by atoms with van der Waals surface area (Å²) in [6.45, 7) is 2.06. The van der Waals surface area contributed by atoms with Crippen LogP contribution in [-0.4, -0.2) is 20.1 Å². The maximum absolute atomic E-state index is 13.1. The second kappa shape index (κ2) is 2.87. The molecule has 1 aliphatic heterocycles. The molecule has 2 aliphatic rings. The van der Waals surface area contributed by atoms with E-state index < -0.39 is 0 Å². The third-order valence-electron chi connectivity index (χ3n) is 3.55. The number of fused-ring (bicyclic) bond motifs is 1. The van der Waals surface area contributed by atoms with Gasteiger partial charge < -0.3 is 10.2 Å². The summed E-state index contributed by atoms with van der Waals surface area (Å²) in [6, 6.07) is 4.98. The number of nitrogens with zero attached hydrogens (tertiary/aromatic N) is 1. The Morgan fingerprint density at radius 2 is 2.20 bits per heavy atom. The Hall–Kier alpha value is -1.25. The van der Waals surface area contributed by atoms with Crippen LogP contribution in [0.5, 0.6) is 0 Å². The molecule has 1 fully saturated rings. The van der Waals surface area contributed by atoms with Gasteiger partial charge in [0.2, 0.25) is 0 Å². The van der Waals surface area contributed by atoms with Gasteiger partial charge in [0.25, 0.3) is 0 Å². The van der Waals surface area contributed by atoms with Crippen LogP contribution in [0.25, 0.3) is 0 Å². The number of nitrogens with one attached hydrogen (secondary N) is 1. The number of anilines is 2. The van der Waals surface area contributed by atoms with Crippen molar-refractivity contribution in [1.82, 2.24) is 0 Å². The van der Waals surface area contributed by atoms with Gasteiger partial charge in [-0.15, -0.1) is 0 Å². The molecular formula is C12H15FN2. The van der Waals surface area contributed by atoms with Gasteiger partial charge in [-0.05, 0) is 31.0 Å². The van der Waals surface area contributed by atoms with E-state index in [1.165, 1.54) is 18.9 Å². The minimum Gasteiger partial charge on any atom is -0.383 e. The largest absolute Gasteiger partial charge is 0.383 e. The van der Waals surface area contributed by atoms with Gasteiger partial charge in [0, 0.05) is 25.6 Å². The number of hydrogen-bond donors (Lipinski definition) is 1. The molecule has 1 saturated carbocycles. The van der Waals surface area contributed by atoms with E-state index in [1.54, 1.807) is 6.07 Å². The Labute approximate surface area is 89.1 Å². The van der Waals surface area contributed by atoms with Crippen LogP contribution in [0.3, 0.4) is 0 Å². The fourth-order valence-electron chi connectivity index (χ4n) is 2.42. The molecule has 1 heterocycles. The maximum atomic E-state index is 13.1. The molecule has 1 N–H and O–H groups in total. The Bertz CT molecular complexity index is 399. The molecule has 0 radical (unpaired) electrons. The van der Waals surface area contributed by atoms with Gasteiger partial charge in [-0.2, -0.15) is 0 Å². The average molecular weight is 206 g/mol. The van der Waals surface area contributed by atoms with Crippen molar-refractivity contribution in [3.8, 4) is 0 Å². The molecule has 1 aromatic carbocycles. The van der Waals surface area contributed by atoms with Crippen molar-refractivity contribution >= 4 is 11.4 Å². The van der Waals surface area contributed by atoms with Crippen molar-refractivity contribution in [1.29, 1.82) is 0 Å². The van der Waals surface area contributed by atoms with Crippen LogP contribution >= 0.6 is 0 Å². The molecule has 0 saturated heterocycles. The summed E-state index contributed by atoms with van der Waals surface area (Å²) in [5.74, 6) is -0.165. The van der Waals surface area contributed by atoms with Crippen LogP contribution in [0.15, 0.2) is 18.2 Å². The van der Waals surface area contributed by atoms with E-state index in [4.69, 9.17) is 0 Å². The highest BCUT2D eigenvalue weighted by molar-refractivity contribution is 5.71. The molecule has 3 rings (SSSR count). The summed E-state index contributed by atoms with van der Waals surface area (Å²) < 4.78 is 13.1. The zero-order valence-corrected chi connectivity index (χ0v) is 8.89.